The first-order valence-electron chi connectivity index (χ1n) is 15.1. The number of carbonyl (C=O) groups excluding carboxylic acids is 1. The standard InChI is InChI=1S/C34H37N5O2/c1-34(2,3)41-33(40)39-30-15-24(30)16-31(39)32-36-18-29(38-32)22-10-8-20(9-11-22)19-4-6-21(7-5-19)25-14-27(35-17-25)28-13-23-12-26(23)37-28/h4-11,17-18,23-24,26,28,30-31,37H,12-16H2,1-3H3,(H,36,38)/t23-,24-,26-,28+,30-,31+/m1/s1. The first-order chi connectivity index (χ1) is 19.8. The number of likely N-dealkylation sites (tertiary alicyclic amines) is 1. The maximum Gasteiger partial charge on any atom is 0.411 e. The summed E-state index contributed by atoms with van der Waals surface area (Å²) < 4.78 is 5.72. The van der Waals surface area contributed by atoms with Crippen molar-refractivity contribution in [3.63, 3.8) is 0 Å². The maximum absolute atomic E-state index is 13.0. The van der Waals surface area contributed by atoms with E-state index < -0.39 is 5.60 Å². The summed E-state index contributed by atoms with van der Waals surface area (Å²) in [6.45, 7) is 5.74. The third-order valence-electron chi connectivity index (χ3n) is 9.44. The number of carbonyl (C=O) groups is 1. The fourth-order valence-electron chi connectivity index (χ4n) is 7.06. The summed E-state index contributed by atoms with van der Waals surface area (Å²) in [4.78, 5) is 27.8. The Labute approximate surface area is 241 Å². The second-order valence-corrected chi connectivity index (χ2v) is 13.5. The Hall–Kier alpha value is -3.71. The molecular formula is C34H37N5O2. The fraction of sp³-hybridized carbons (Fsp3) is 0.441. The van der Waals surface area contributed by atoms with Crippen LogP contribution in [0.2, 0.25) is 0 Å². The van der Waals surface area contributed by atoms with Crippen molar-refractivity contribution in [3.05, 3.63) is 72.3 Å². The van der Waals surface area contributed by atoms with Crippen molar-refractivity contribution in [2.24, 2.45) is 16.8 Å². The molecule has 41 heavy (non-hydrogen) atoms. The van der Waals surface area contributed by atoms with E-state index in [1.165, 1.54) is 40.8 Å². The average Bonchev–Trinajstić information content (AvgIpc) is 3.54. The molecule has 3 aromatic rings. The van der Waals surface area contributed by atoms with E-state index in [2.05, 4.69) is 65.0 Å². The number of amides is 1. The number of piperidine rings is 2. The lowest BCUT2D eigenvalue weighted by Gasteiger charge is -2.29. The Bertz CT molecular complexity index is 1550. The SMILES string of the molecule is CC(C)(C)OC(=O)N1[C@@H]2C[C@@H]2C[C@H]1c1ncc(-c2ccc(-c3ccc(C4=CN=C([C@@H]5C[C@H]6C[C@H]6N5)C4)cc3)cc2)[nH]1. The van der Waals surface area contributed by atoms with Gasteiger partial charge in [-0.25, -0.2) is 9.78 Å². The molecule has 2 aliphatic carbocycles. The molecule has 7 nitrogen and oxygen atoms in total. The van der Waals surface area contributed by atoms with E-state index in [1.807, 2.05) is 31.9 Å². The summed E-state index contributed by atoms with van der Waals surface area (Å²) in [6.07, 6.45) is 9.27. The highest BCUT2D eigenvalue weighted by Crippen LogP contribution is 2.53. The number of imidazole rings is 1. The summed E-state index contributed by atoms with van der Waals surface area (Å²) in [5.74, 6) is 2.28. The smallest absolute Gasteiger partial charge is 0.411 e. The van der Waals surface area contributed by atoms with Crippen LogP contribution in [0.25, 0.3) is 28.0 Å². The molecule has 2 aromatic carbocycles. The Balaban J connectivity index is 0.928. The number of nitrogens with one attached hydrogen (secondary N) is 2. The Morgan fingerprint density at radius 1 is 0.902 bits per heavy atom. The molecule has 0 radical (unpaired) electrons. The third kappa shape index (κ3) is 4.70. The van der Waals surface area contributed by atoms with Crippen molar-refractivity contribution < 1.29 is 9.53 Å². The number of fused-ring (bicyclic) bond motifs is 2. The van der Waals surface area contributed by atoms with Gasteiger partial charge in [-0.2, -0.15) is 0 Å². The third-order valence-corrected chi connectivity index (χ3v) is 9.44. The molecule has 4 heterocycles. The minimum Gasteiger partial charge on any atom is -0.444 e. The van der Waals surface area contributed by atoms with Crippen LogP contribution >= 0.6 is 0 Å². The highest BCUT2D eigenvalue weighted by Gasteiger charge is 2.56. The van der Waals surface area contributed by atoms with Crippen LogP contribution in [0.5, 0.6) is 0 Å². The number of ether oxygens (including phenoxy) is 1. The van der Waals surface area contributed by atoms with Gasteiger partial charge in [0.2, 0.25) is 0 Å². The Kier molecular flexibility index (Phi) is 5.59. The number of nitrogens with zero attached hydrogens (tertiary/aromatic N) is 3. The molecule has 3 aliphatic heterocycles. The van der Waals surface area contributed by atoms with Crippen LogP contribution in [-0.2, 0) is 4.74 Å². The van der Waals surface area contributed by atoms with Crippen molar-refractivity contribution in [1.29, 1.82) is 0 Å². The largest absolute Gasteiger partial charge is 0.444 e. The molecular weight excluding hydrogens is 510 g/mol. The molecule has 4 fully saturated rings. The van der Waals surface area contributed by atoms with Gasteiger partial charge >= 0.3 is 6.09 Å². The molecule has 0 bridgehead atoms. The van der Waals surface area contributed by atoms with Gasteiger partial charge in [0.15, 0.2) is 0 Å². The van der Waals surface area contributed by atoms with Gasteiger partial charge in [0, 0.05) is 36.5 Å². The maximum atomic E-state index is 13.0. The van der Waals surface area contributed by atoms with Gasteiger partial charge in [0.1, 0.15) is 11.4 Å². The zero-order valence-corrected chi connectivity index (χ0v) is 23.9. The molecule has 0 spiro atoms. The molecule has 5 aliphatic rings. The van der Waals surface area contributed by atoms with Crippen LogP contribution in [0.15, 0.2) is 65.9 Å². The predicted molar refractivity (Wildman–Crippen MR) is 160 cm³/mol. The number of benzene rings is 2. The van der Waals surface area contributed by atoms with Crippen LogP contribution in [0.1, 0.15) is 70.3 Å². The highest BCUT2D eigenvalue weighted by molar-refractivity contribution is 6.02. The normalized spacial score (nSPS) is 29.6. The van der Waals surface area contributed by atoms with Gasteiger partial charge in [0.25, 0.3) is 0 Å². The zero-order valence-electron chi connectivity index (χ0n) is 23.9. The van der Waals surface area contributed by atoms with Crippen LogP contribution in [0, 0.1) is 11.8 Å². The van der Waals surface area contributed by atoms with Gasteiger partial charge in [-0.15, -0.1) is 0 Å². The van der Waals surface area contributed by atoms with Gasteiger partial charge in [-0.3, -0.25) is 9.89 Å². The number of H-pyrrole nitrogens is 1. The quantitative estimate of drug-likeness (QED) is 0.370. The number of aromatic nitrogens is 2. The number of aromatic amines is 1. The van der Waals surface area contributed by atoms with E-state index in [0.29, 0.717) is 12.0 Å². The number of allylic oxidation sites excluding steroid dienone is 1. The number of aliphatic imine (C=N–C) groups is 1. The van der Waals surface area contributed by atoms with E-state index in [1.54, 1.807) is 0 Å². The van der Waals surface area contributed by atoms with Crippen molar-refractivity contribution >= 4 is 17.4 Å². The minimum atomic E-state index is -0.510. The van der Waals surface area contributed by atoms with Crippen molar-refractivity contribution in [2.45, 2.75) is 82.6 Å². The molecule has 1 amide bonds. The van der Waals surface area contributed by atoms with E-state index >= 15 is 0 Å². The predicted octanol–water partition coefficient (Wildman–Crippen LogP) is 6.75. The van der Waals surface area contributed by atoms with Crippen molar-refractivity contribution in [2.75, 3.05) is 0 Å². The molecule has 2 N–H and O–H groups in total. The second-order valence-electron chi connectivity index (χ2n) is 13.5. The first kappa shape index (κ1) is 25.0. The van der Waals surface area contributed by atoms with Gasteiger partial charge in [-0.05, 0) is 86.1 Å². The summed E-state index contributed by atoms with van der Waals surface area (Å²) >= 11 is 0. The molecule has 0 unspecified atom stereocenters. The molecule has 8 rings (SSSR count). The lowest BCUT2D eigenvalue weighted by molar-refractivity contribution is 0.0175. The summed E-state index contributed by atoms with van der Waals surface area (Å²) in [5, 5.41) is 3.73. The number of hydrogen-bond acceptors (Lipinski definition) is 5. The molecule has 1 aromatic heterocycles. The number of rotatable bonds is 5. The zero-order chi connectivity index (χ0) is 27.9. The lowest BCUT2D eigenvalue weighted by atomic mass is 9.96. The van der Waals surface area contributed by atoms with Crippen LogP contribution in [0.3, 0.4) is 0 Å². The average molecular weight is 548 g/mol. The van der Waals surface area contributed by atoms with Crippen LogP contribution < -0.4 is 5.32 Å². The van der Waals surface area contributed by atoms with E-state index in [9.17, 15) is 4.79 Å². The van der Waals surface area contributed by atoms with Gasteiger partial charge in [0.05, 0.1) is 17.9 Å². The number of hydrogen-bond donors (Lipinski definition) is 2. The second kappa shape index (κ2) is 9.15. The van der Waals surface area contributed by atoms with Gasteiger partial charge < -0.3 is 15.0 Å². The molecule has 7 heteroatoms. The van der Waals surface area contributed by atoms with Crippen LogP contribution in [-0.4, -0.2) is 50.4 Å². The molecule has 2 saturated heterocycles. The van der Waals surface area contributed by atoms with Crippen LogP contribution in [0.4, 0.5) is 4.79 Å². The Morgan fingerprint density at radius 2 is 1.61 bits per heavy atom. The summed E-state index contributed by atoms with van der Waals surface area (Å²) in [7, 11) is 0. The first-order valence-corrected chi connectivity index (χ1v) is 15.1. The van der Waals surface area contributed by atoms with E-state index in [0.717, 1.165) is 48.3 Å². The summed E-state index contributed by atoms with van der Waals surface area (Å²) in [6, 6.07) is 18.9. The molecule has 6 atom stereocenters. The molecule has 2 saturated carbocycles. The monoisotopic (exact) mass is 547 g/mol. The van der Waals surface area contributed by atoms with Crippen molar-refractivity contribution in [1.82, 2.24) is 20.2 Å². The fourth-order valence-corrected chi connectivity index (χ4v) is 7.06. The van der Waals surface area contributed by atoms with Gasteiger partial charge in [-0.1, -0.05) is 48.5 Å². The van der Waals surface area contributed by atoms with Crippen molar-refractivity contribution in [3.8, 4) is 22.4 Å². The topological polar surface area (TPSA) is 82.6 Å². The van der Waals surface area contributed by atoms with E-state index in [-0.39, 0.29) is 18.2 Å². The highest BCUT2D eigenvalue weighted by atomic mass is 16.6. The lowest BCUT2D eigenvalue weighted by Crippen LogP contribution is -2.38. The summed E-state index contributed by atoms with van der Waals surface area (Å²) in [5.41, 5.74) is 7.77. The van der Waals surface area contributed by atoms with E-state index in [4.69, 9.17) is 14.7 Å². The molecule has 210 valence electrons. The minimum absolute atomic E-state index is 0.0587. The Morgan fingerprint density at radius 3 is 2.29 bits per heavy atom.